The van der Waals surface area contributed by atoms with Gasteiger partial charge in [-0.1, -0.05) is 13.3 Å². The summed E-state index contributed by atoms with van der Waals surface area (Å²) >= 11 is 0. The minimum atomic E-state index is -0.350. The van der Waals surface area contributed by atoms with Crippen molar-refractivity contribution in [3.8, 4) is 0 Å². The molecule has 0 saturated carbocycles. The minimum absolute atomic E-state index is 0.350. The van der Waals surface area contributed by atoms with Crippen LogP contribution in [0, 0.1) is 6.92 Å². The van der Waals surface area contributed by atoms with E-state index < -0.39 is 0 Å². The first-order valence-electron chi connectivity index (χ1n) is 7.67. The van der Waals surface area contributed by atoms with Crippen molar-refractivity contribution in [1.29, 1.82) is 0 Å². The number of ether oxygens (including phenoxy) is 1. The van der Waals surface area contributed by atoms with Crippen LogP contribution >= 0.6 is 0 Å². The Bertz CT molecular complexity index is 656. The summed E-state index contributed by atoms with van der Waals surface area (Å²) in [6.07, 6.45) is 2.23. The fourth-order valence-electron chi connectivity index (χ4n) is 2.07. The lowest BCUT2D eigenvalue weighted by Gasteiger charge is -2.10. The average molecular weight is 314 g/mol. The molecule has 0 atom stereocenters. The van der Waals surface area contributed by atoms with E-state index in [0.29, 0.717) is 17.2 Å². The molecule has 0 aliphatic rings. The van der Waals surface area contributed by atoms with E-state index in [1.807, 2.05) is 25.1 Å². The maximum Gasteiger partial charge on any atom is 0.337 e. The van der Waals surface area contributed by atoms with Gasteiger partial charge in [0.15, 0.2) is 0 Å². The molecule has 1 aromatic heterocycles. The van der Waals surface area contributed by atoms with E-state index in [4.69, 9.17) is 0 Å². The molecular weight excluding hydrogens is 292 g/mol. The third-order valence-corrected chi connectivity index (χ3v) is 3.25. The summed E-state index contributed by atoms with van der Waals surface area (Å²) in [5.74, 6) is 1.86. The van der Waals surface area contributed by atoms with E-state index in [2.05, 4.69) is 32.3 Å². The molecule has 6 heteroatoms. The number of hydrogen-bond donors (Lipinski definition) is 2. The zero-order chi connectivity index (χ0) is 16.7. The second-order valence-corrected chi connectivity index (χ2v) is 5.16. The number of methoxy groups -OCH3 is 1. The average Bonchev–Trinajstić information content (AvgIpc) is 2.54. The third-order valence-electron chi connectivity index (χ3n) is 3.25. The Morgan fingerprint density at radius 1 is 1.17 bits per heavy atom. The van der Waals surface area contributed by atoms with Gasteiger partial charge >= 0.3 is 5.97 Å². The van der Waals surface area contributed by atoms with Crippen LogP contribution < -0.4 is 10.6 Å². The number of esters is 1. The first kappa shape index (κ1) is 16.7. The summed E-state index contributed by atoms with van der Waals surface area (Å²) in [7, 11) is 1.37. The molecule has 0 amide bonds. The van der Waals surface area contributed by atoms with Gasteiger partial charge in [-0.3, -0.25) is 0 Å². The summed E-state index contributed by atoms with van der Waals surface area (Å²) in [5, 5.41) is 6.51. The van der Waals surface area contributed by atoms with Crippen molar-refractivity contribution >= 4 is 23.3 Å². The number of aromatic nitrogens is 2. The van der Waals surface area contributed by atoms with Crippen LogP contribution in [0.4, 0.5) is 17.3 Å². The fraction of sp³-hybridized carbons (Fsp3) is 0.353. The number of nitrogens with one attached hydrogen (secondary N) is 2. The molecule has 2 N–H and O–H groups in total. The molecule has 6 nitrogen and oxygen atoms in total. The highest BCUT2D eigenvalue weighted by atomic mass is 16.5. The van der Waals surface area contributed by atoms with Gasteiger partial charge in [0.1, 0.15) is 17.5 Å². The number of anilines is 3. The maximum atomic E-state index is 11.4. The van der Waals surface area contributed by atoms with Gasteiger partial charge in [-0.05, 0) is 37.6 Å². The van der Waals surface area contributed by atoms with Crippen LogP contribution in [-0.4, -0.2) is 29.6 Å². The molecule has 0 saturated heterocycles. The summed E-state index contributed by atoms with van der Waals surface area (Å²) in [4.78, 5) is 20.2. The van der Waals surface area contributed by atoms with Crippen molar-refractivity contribution in [3.63, 3.8) is 0 Å². The zero-order valence-electron chi connectivity index (χ0n) is 13.7. The molecule has 0 spiro atoms. The Morgan fingerprint density at radius 3 is 2.52 bits per heavy atom. The molecule has 0 aliphatic heterocycles. The Morgan fingerprint density at radius 2 is 1.87 bits per heavy atom. The summed E-state index contributed by atoms with van der Waals surface area (Å²) < 4.78 is 4.68. The molecule has 0 radical (unpaired) electrons. The van der Waals surface area contributed by atoms with Crippen LogP contribution in [0.15, 0.2) is 30.3 Å². The van der Waals surface area contributed by atoms with Gasteiger partial charge in [-0.2, -0.15) is 0 Å². The van der Waals surface area contributed by atoms with Gasteiger partial charge < -0.3 is 15.4 Å². The normalized spacial score (nSPS) is 10.2. The summed E-state index contributed by atoms with van der Waals surface area (Å²) in [5.41, 5.74) is 1.36. The van der Waals surface area contributed by atoms with E-state index in [1.165, 1.54) is 7.11 Å². The lowest BCUT2D eigenvalue weighted by molar-refractivity contribution is 0.0601. The lowest BCUT2D eigenvalue weighted by Crippen LogP contribution is -2.06. The SMILES string of the molecule is CCCCNc1cc(Nc2ccc(C(=O)OC)cc2)nc(C)n1. The van der Waals surface area contributed by atoms with Crippen molar-refractivity contribution in [3.05, 3.63) is 41.7 Å². The molecule has 23 heavy (non-hydrogen) atoms. The number of benzene rings is 1. The zero-order valence-corrected chi connectivity index (χ0v) is 13.7. The molecular formula is C17H22N4O2. The Labute approximate surface area is 136 Å². The van der Waals surface area contributed by atoms with Gasteiger partial charge in [0, 0.05) is 18.3 Å². The molecule has 2 rings (SSSR count). The number of carbonyl (C=O) groups excluding carboxylic acids is 1. The molecule has 2 aromatic rings. The van der Waals surface area contributed by atoms with Crippen LogP contribution in [0.5, 0.6) is 0 Å². The molecule has 0 bridgehead atoms. The Hall–Kier alpha value is -2.63. The Kier molecular flexibility index (Phi) is 5.91. The van der Waals surface area contributed by atoms with Crippen LogP contribution in [0.3, 0.4) is 0 Å². The van der Waals surface area contributed by atoms with Crippen molar-refractivity contribution < 1.29 is 9.53 Å². The second kappa shape index (κ2) is 8.12. The summed E-state index contributed by atoms with van der Waals surface area (Å²) in [6.45, 7) is 4.90. The van der Waals surface area contributed by atoms with Crippen LogP contribution in [0.2, 0.25) is 0 Å². The molecule has 0 aliphatic carbocycles. The smallest absolute Gasteiger partial charge is 0.337 e. The van der Waals surface area contributed by atoms with Crippen LogP contribution in [0.1, 0.15) is 35.9 Å². The monoisotopic (exact) mass is 314 g/mol. The standard InChI is InChI=1S/C17H22N4O2/c1-4-5-10-18-15-11-16(20-12(2)19-15)21-14-8-6-13(7-9-14)17(22)23-3/h6-9,11H,4-5,10H2,1-3H3,(H2,18,19,20,21). The number of unbranched alkanes of at least 4 members (excludes halogenated alkanes) is 1. The van der Waals surface area contributed by atoms with Gasteiger partial charge in [-0.25, -0.2) is 14.8 Å². The number of rotatable bonds is 7. The molecule has 1 aromatic carbocycles. The third kappa shape index (κ3) is 4.95. The van der Waals surface area contributed by atoms with E-state index in [1.54, 1.807) is 12.1 Å². The van der Waals surface area contributed by atoms with E-state index in [9.17, 15) is 4.79 Å². The first-order valence-corrected chi connectivity index (χ1v) is 7.67. The highest BCUT2D eigenvalue weighted by molar-refractivity contribution is 5.89. The predicted molar refractivity (Wildman–Crippen MR) is 91.2 cm³/mol. The lowest BCUT2D eigenvalue weighted by atomic mass is 10.2. The number of aryl methyl sites for hydroxylation is 1. The summed E-state index contributed by atoms with van der Waals surface area (Å²) in [6, 6.07) is 8.92. The van der Waals surface area contributed by atoms with E-state index >= 15 is 0 Å². The van der Waals surface area contributed by atoms with Crippen molar-refractivity contribution in [2.45, 2.75) is 26.7 Å². The van der Waals surface area contributed by atoms with Crippen LogP contribution in [-0.2, 0) is 4.74 Å². The van der Waals surface area contributed by atoms with Gasteiger partial charge in [0.05, 0.1) is 12.7 Å². The molecule has 1 heterocycles. The van der Waals surface area contributed by atoms with E-state index in [-0.39, 0.29) is 5.97 Å². The second-order valence-electron chi connectivity index (χ2n) is 5.16. The molecule has 0 unspecified atom stereocenters. The highest BCUT2D eigenvalue weighted by Gasteiger charge is 2.06. The van der Waals surface area contributed by atoms with Gasteiger partial charge in [0.25, 0.3) is 0 Å². The maximum absolute atomic E-state index is 11.4. The van der Waals surface area contributed by atoms with Crippen molar-refractivity contribution in [1.82, 2.24) is 9.97 Å². The number of carbonyl (C=O) groups is 1. The predicted octanol–water partition coefficient (Wildman–Crippen LogP) is 3.53. The van der Waals surface area contributed by atoms with Gasteiger partial charge in [-0.15, -0.1) is 0 Å². The highest BCUT2D eigenvalue weighted by Crippen LogP contribution is 2.18. The first-order chi connectivity index (χ1) is 11.1. The van der Waals surface area contributed by atoms with Crippen LogP contribution in [0.25, 0.3) is 0 Å². The van der Waals surface area contributed by atoms with Gasteiger partial charge in [0.2, 0.25) is 0 Å². The Balaban J connectivity index is 2.08. The molecule has 0 fully saturated rings. The molecule has 122 valence electrons. The van der Waals surface area contributed by atoms with Crippen molar-refractivity contribution in [2.24, 2.45) is 0 Å². The minimum Gasteiger partial charge on any atom is -0.465 e. The van der Waals surface area contributed by atoms with Crippen molar-refractivity contribution in [2.75, 3.05) is 24.3 Å². The largest absolute Gasteiger partial charge is 0.465 e. The van der Waals surface area contributed by atoms with E-state index in [0.717, 1.165) is 30.9 Å². The quantitative estimate of drug-likeness (QED) is 0.601. The fourth-order valence-corrected chi connectivity index (χ4v) is 2.07. The number of nitrogens with zero attached hydrogens (tertiary/aromatic N) is 2. The number of hydrogen-bond acceptors (Lipinski definition) is 6. The topological polar surface area (TPSA) is 76.1 Å².